The van der Waals surface area contributed by atoms with E-state index in [1.54, 1.807) is 11.0 Å². The van der Waals surface area contributed by atoms with Gasteiger partial charge in [-0.25, -0.2) is 4.79 Å². The van der Waals surface area contributed by atoms with Gasteiger partial charge in [0.2, 0.25) is 0 Å². The quantitative estimate of drug-likeness (QED) is 0.443. The topological polar surface area (TPSA) is 94.8 Å². The van der Waals surface area contributed by atoms with E-state index in [1.165, 1.54) is 19.4 Å². The van der Waals surface area contributed by atoms with E-state index in [9.17, 15) is 14.9 Å². The van der Waals surface area contributed by atoms with Gasteiger partial charge in [-0.1, -0.05) is 0 Å². The molecule has 2 heterocycles. The van der Waals surface area contributed by atoms with Crippen LogP contribution in [0.3, 0.4) is 0 Å². The second-order valence-electron chi connectivity index (χ2n) is 3.94. The van der Waals surface area contributed by atoms with E-state index in [0.29, 0.717) is 18.8 Å². The average molecular weight is 267 g/mol. The van der Waals surface area contributed by atoms with E-state index < -0.39 is 16.9 Å². The molecule has 0 saturated carbocycles. The molecule has 19 heavy (non-hydrogen) atoms. The van der Waals surface area contributed by atoms with Gasteiger partial charge in [-0.05, 0) is 16.0 Å². The maximum atomic E-state index is 11.7. The first-order valence-electron chi connectivity index (χ1n) is 5.66. The molecule has 1 atom stereocenters. The van der Waals surface area contributed by atoms with Crippen molar-refractivity contribution in [2.24, 2.45) is 0 Å². The van der Waals surface area contributed by atoms with Gasteiger partial charge in [-0.15, -0.1) is 0 Å². The maximum absolute atomic E-state index is 11.7. The van der Waals surface area contributed by atoms with Crippen molar-refractivity contribution in [3.63, 3.8) is 0 Å². The number of nitrogens with zero attached hydrogens (tertiary/aromatic N) is 3. The Labute approximate surface area is 109 Å². The van der Waals surface area contributed by atoms with Gasteiger partial charge in [0.05, 0.1) is 26.0 Å². The minimum atomic E-state index is -0.569. The maximum Gasteiger partial charge on any atom is 0.363 e. The smallest absolute Gasteiger partial charge is 0.363 e. The summed E-state index contributed by atoms with van der Waals surface area (Å²) in [4.78, 5) is 27.1. The third kappa shape index (κ3) is 2.79. The van der Waals surface area contributed by atoms with Gasteiger partial charge >= 0.3 is 11.8 Å². The Bertz CT molecular complexity index is 476. The van der Waals surface area contributed by atoms with Gasteiger partial charge in [0.25, 0.3) is 0 Å². The normalized spacial score (nSPS) is 19.0. The molecule has 0 radical (unpaired) electrons. The Morgan fingerprint density at radius 2 is 2.42 bits per heavy atom. The highest BCUT2D eigenvalue weighted by Gasteiger charge is 2.31. The monoisotopic (exact) mass is 267 g/mol. The second kappa shape index (κ2) is 5.61. The molecule has 0 spiro atoms. The summed E-state index contributed by atoms with van der Waals surface area (Å²) in [5, 5.41) is 10.5. The number of pyridine rings is 1. The van der Waals surface area contributed by atoms with Crippen LogP contribution in [0.15, 0.2) is 18.3 Å². The molecule has 0 amide bonds. The van der Waals surface area contributed by atoms with Crippen LogP contribution in [0.4, 0.5) is 11.5 Å². The molecule has 1 aromatic heterocycles. The summed E-state index contributed by atoms with van der Waals surface area (Å²) in [6.07, 6.45) is 1.37. The molecule has 0 bridgehead atoms. The average Bonchev–Trinajstić information content (AvgIpc) is 2.46. The molecule has 0 aromatic carbocycles. The molecule has 1 saturated heterocycles. The van der Waals surface area contributed by atoms with Crippen molar-refractivity contribution >= 4 is 17.5 Å². The van der Waals surface area contributed by atoms with E-state index in [1.807, 2.05) is 0 Å². The number of aromatic nitrogens is 1. The molecule has 1 aliphatic heterocycles. The number of esters is 1. The van der Waals surface area contributed by atoms with E-state index in [4.69, 9.17) is 9.47 Å². The summed E-state index contributed by atoms with van der Waals surface area (Å²) in [7, 11) is 1.31. The van der Waals surface area contributed by atoms with Crippen molar-refractivity contribution in [1.29, 1.82) is 0 Å². The number of hydrogen-bond donors (Lipinski definition) is 0. The first-order valence-corrected chi connectivity index (χ1v) is 5.66. The largest absolute Gasteiger partial charge is 0.467 e. The fraction of sp³-hybridized carbons (Fsp3) is 0.455. The lowest BCUT2D eigenvalue weighted by molar-refractivity contribution is -0.389. The molecule has 0 N–H and O–H groups in total. The van der Waals surface area contributed by atoms with Crippen LogP contribution in [0.25, 0.3) is 0 Å². The number of carbonyl (C=O) groups is 1. The molecule has 102 valence electrons. The van der Waals surface area contributed by atoms with Gasteiger partial charge < -0.3 is 24.5 Å². The van der Waals surface area contributed by atoms with Crippen LogP contribution < -0.4 is 4.90 Å². The lowest BCUT2D eigenvalue weighted by Gasteiger charge is -2.34. The fourth-order valence-corrected chi connectivity index (χ4v) is 1.90. The summed E-state index contributed by atoms with van der Waals surface area (Å²) in [5.74, 6) is -0.635. The molecular weight excluding hydrogens is 254 g/mol. The Morgan fingerprint density at radius 1 is 1.63 bits per heavy atom. The zero-order valence-corrected chi connectivity index (χ0v) is 10.3. The Balaban J connectivity index is 2.22. The number of nitro groups is 1. The first-order chi connectivity index (χ1) is 9.13. The van der Waals surface area contributed by atoms with Crippen molar-refractivity contribution in [3.05, 3.63) is 28.4 Å². The van der Waals surface area contributed by atoms with Crippen LogP contribution in [-0.4, -0.2) is 48.8 Å². The molecule has 2 rings (SSSR count). The van der Waals surface area contributed by atoms with Crippen LogP contribution in [0.1, 0.15) is 0 Å². The van der Waals surface area contributed by atoms with Crippen LogP contribution in [0.5, 0.6) is 0 Å². The highest BCUT2D eigenvalue weighted by Crippen LogP contribution is 2.21. The number of morpholine rings is 1. The van der Waals surface area contributed by atoms with Crippen molar-refractivity contribution in [2.75, 3.05) is 31.8 Å². The van der Waals surface area contributed by atoms with Crippen molar-refractivity contribution in [1.82, 2.24) is 4.98 Å². The molecule has 8 nitrogen and oxygen atoms in total. The van der Waals surface area contributed by atoms with Crippen molar-refractivity contribution < 1.29 is 19.2 Å². The van der Waals surface area contributed by atoms with Crippen LogP contribution in [0.2, 0.25) is 0 Å². The Morgan fingerprint density at radius 3 is 3.00 bits per heavy atom. The molecule has 1 unspecified atom stereocenters. The van der Waals surface area contributed by atoms with Crippen LogP contribution >= 0.6 is 0 Å². The van der Waals surface area contributed by atoms with Crippen molar-refractivity contribution in [2.45, 2.75) is 6.04 Å². The predicted molar refractivity (Wildman–Crippen MR) is 64.9 cm³/mol. The minimum Gasteiger partial charge on any atom is -0.467 e. The van der Waals surface area contributed by atoms with Gasteiger partial charge in [0.1, 0.15) is 0 Å². The SMILES string of the molecule is COC(=O)C1COCCN1c1ccc([N+](=O)[O-])nc1. The number of carbonyl (C=O) groups excluding carboxylic acids is 1. The zero-order chi connectivity index (χ0) is 13.8. The summed E-state index contributed by atoms with van der Waals surface area (Å²) in [6.45, 7) is 1.20. The van der Waals surface area contributed by atoms with E-state index in [2.05, 4.69) is 4.98 Å². The Hall–Kier alpha value is -2.22. The number of anilines is 1. The standard InChI is InChI=1S/C11H13N3O5/c1-18-11(15)9-7-19-5-4-13(9)8-2-3-10(12-6-8)14(16)17/h2-3,6,9H,4-5,7H2,1H3. The van der Waals surface area contributed by atoms with Gasteiger partial charge in [0.15, 0.2) is 12.2 Å². The number of hydrogen-bond acceptors (Lipinski definition) is 7. The Kier molecular flexibility index (Phi) is 3.91. The number of methoxy groups -OCH3 is 1. The summed E-state index contributed by atoms with van der Waals surface area (Å²) < 4.78 is 9.96. The third-order valence-corrected chi connectivity index (χ3v) is 2.85. The third-order valence-electron chi connectivity index (χ3n) is 2.85. The highest BCUT2D eigenvalue weighted by molar-refractivity contribution is 5.80. The van der Waals surface area contributed by atoms with Crippen LogP contribution in [-0.2, 0) is 14.3 Å². The lowest BCUT2D eigenvalue weighted by Crippen LogP contribution is -2.50. The van der Waals surface area contributed by atoms with Crippen LogP contribution in [0, 0.1) is 10.1 Å². The van der Waals surface area contributed by atoms with E-state index >= 15 is 0 Å². The first kappa shape index (κ1) is 13.2. The second-order valence-corrected chi connectivity index (χ2v) is 3.94. The molecule has 1 fully saturated rings. The van der Waals surface area contributed by atoms with Gasteiger partial charge in [-0.3, -0.25) is 0 Å². The van der Waals surface area contributed by atoms with E-state index in [-0.39, 0.29) is 12.4 Å². The number of rotatable bonds is 3. The lowest BCUT2D eigenvalue weighted by atomic mass is 10.2. The summed E-state index contributed by atoms with van der Waals surface area (Å²) >= 11 is 0. The number of ether oxygens (including phenoxy) is 2. The van der Waals surface area contributed by atoms with Crippen molar-refractivity contribution in [3.8, 4) is 0 Å². The van der Waals surface area contributed by atoms with E-state index in [0.717, 1.165) is 0 Å². The molecule has 0 aliphatic carbocycles. The minimum absolute atomic E-state index is 0.226. The highest BCUT2D eigenvalue weighted by atomic mass is 16.6. The summed E-state index contributed by atoms with van der Waals surface area (Å²) in [5.41, 5.74) is 0.629. The summed E-state index contributed by atoms with van der Waals surface area (Å²) in [6, 6.07) is 2.31. The molecule has 8 heteroatoms. The van der Waals surface area contributed by atoms with Gasteiger partial charge in [-0.2, -0.15) is 0 Å². The molecular formula is C11H13N3O5. The predicted octanol–water partition coefficient (Wildman–Crippen LogP) is 0.368. The van der Waals surface area contributed by atoms with Gasteiger partial charge in [0, 0.05) is 12.6 Å². The fourth-order valence-electron chi connectivity index (χ4n) is 1.90. The zero-order valence-electron chi connectivity index (χ0n) is 10.3. The molecule has 1 aliphatic rings. The molecule has 1 aromatic rings.